The Balaban J connectivity index is 3.35. The number of rotatable bonds is 11. The standard InChI is InChI=1S/C13H26OSi/c1-4-8-13(9-5-2)10-7-11-14-15-12-6-3/h4-5,13H,1-2,6-12,15H2,3H3. The van der Waals surface area contributed by atoms with Crippen LogP contribution in [-0.2, 0) is 4.43 Å². The molecule has 0 aliphatic rings. The molecule has 0 aromatic heterocycles. The molecular formula is C13H26OSi. The summed E-state index contributed by atoms with van der Waals surface area (Å²) in [6.07, 6.45) is 9.97. The second-order valence-corrected chi connectivity index (χ2v) is 5.55. The second kappa shape index (κ2) is 11.7. The Morgan fingerprint density at radius 2 is 1.93 bits per heavy atom. The van der Waals surface area contributed by atoms with Gasteiger partial charge in [0, 0.05) is 6.61 Å². The van der Waals surface area contributed by atoms with Gasteiger partial charge in [-0.1, -0.05) is 25.5 Å². The fourth-order valence-electron chi connectivity index (χ4n) is 1.63. The summed E-state index contributed by atoms with van der Waals surface area (Å²) >= 11 is 0. The van der Waals surface area contributed by atoms with Gasteiger partial charge in [-0.2, -0.15) is 0 Å². The molecule has 15 heavy (non-hydrogen) atoms. The molecule has 0 fully saturated rings. The Labute approximate surface area is 97.6 Å². The molecule has 0 N–H and O–H groups in total. The van der Waals surface area contributed by atoms with Crippen molar-refractivity contribution in [2.24, 2.45) is 5.92 Å². The Hall–Kier alpha value is -0.343. The highest BCUT2D eigenvalue weighted by atomic mass is 28.2. The van der Waals surface area contributed by atoms with Crippen molar-refractivity contribution in [1.29, 1.82) is 0 Å². The van der Waals surface area contributed by atoms with Crippen LogP contribution in [0.25, 0.3) is 0 Å². The Morgan fingerprint density at radius 1 is 1.27 bits per heavy atom. The summed E-state index contributed by atoms with van der Waals surface area (Å²) in [6.45, 7) is 10.8. The molecule has 0 aliphatic heterocycles. The van der Waals surface area contributed by atoms with Gasteiger partial charge in [-0.3, -0.25) is 0 Å². The Bertz CT molecular complexity index is 147. The van der Waals surface area contributed by atoms with Crippen molar-refractivity contribution in [2.45, 2.75) is 45.1 Å². The summed E-state index contributed by atoms with van der Waals surface area (Å²) in [4.78, 5) is 0. The molecule has 0 aliphatic carbocycles. The maximum atomic E-state index is 5.67. The molecule has 0 unspecified atom stereocenters. The van der Waals surface area contributed by atoms with Crippen molar-refractivity contribution < 1.29 is 4.43 Å². The topological polar surface area (TPSA) is 9.23 Å². The molecule has 2 heteroatoms. The van der Waals surface area contributed by atoms with E-state index in [0.29, 0.717) is 0 Å². The molecular weight excluding hydrogens is 200 g/mol. The highest BCUT2D eigenvalue weighted by molar-refractivity contribution is 6.26. The third kappa shape index (κ3) is 9.95. The van der Waals surface area contributed by atoms with Crippen molar-refractivity contribution >= 4 is 9.76 Å². The van der Waals surface area contributed by atoms with Gasteiger partial charge in [-0.25, -0.2) is 0 Å². The van der Waals surface area contributed by atoms with E-state index < -0.39 is 0 Å². The van der Waals surface area contributed by atoms with Crippen LogP contribution in [0.15, 0.2) is 25.3 Å². The first-order valence-corrected chi connectivity index (χ1v) is 7.72. The average molecular weight is 226 g/mol. The summed E-state index contributed by atoms with van der Waals surface area (Å²) in [6, 6.07) is 1.32. The molecule has 0 radical (unpaired) electrons. The number of hydrogen-bond donors (Lipinski definition) is 0. The summed E-state index contributed by atoms with van der Waals surface area (Å²) < 4.78 is 5.67. The van der Waals surface area contributed by atoms with Crippen molar-refractivity contribution in [3.8, 4) is 0 Å². The third-order valence-electron chi connectivity index (χ3n) is 2.54. The summed E-state index contributed by atoms with van der Waals surface area (Å²) in [5, 5.41) is 0. The number of allylic oxidation sites excluding steroid dienone is 2. The highest BCUT2D eigenvalue weighted by Crippen LogP contribution is 2.16. The average Bonchev–Trinajstić information content (AvgIpc) is 2.24. The lowest BCUT2D eigenvalue weighted by Gasteiger charge is -2.12. The van der Waals surface area contributed by atoms with Crippen LogP contribution in [0.4, 0.5) is 0 Å². The van der Waals surface area contributed by atoms with E-state index in [9.17, 15) is 0 Å². The van der Waals surface area contributed by atoms with Crippen LogP contribution in [0, 0.1) is 5.92 Å². The van der Waals surface area contributed by atoms with E-state index >= 15 is 0 Å². The minimum atomic E-state index is -0.197. The fourth-order valence-corrected chi connectivity index (χ4v) is 2.53. The van der Waals surface area contributed by atoms with Gasteiger partial charge in [0.15, 0.2) is 9.76 Å². The van der Waals surface area contributed by atoms with Crippen LogP contribution in [0.1, 0.15) is 39.0 Å². The molecule has 0 aromatic carbocycles. The molecule has 0 rings (SSSR count). The van der Waals surface area contributed by atoms with Crippen LogP contribution < -0.4 is 0 Å². The van der Waals surface area contributed by atoms with E-state index in [1.165, 1.54) is 25.3 Å². The Kier molecular flexibility index (Phi) is 11.5. The van der Waals surface area contributed by atoms with Gasteiger partial charge in [0.2, 0.25) is 0 Å². The fraction of sp³-hybridized carbons (Fsp3) is 0.692. The van der Waals surface area contributed by atoms with Crippen molar-refractivity contribution in [1.82, 2.24) is 0 Å². The minimum Gasteiger partial charge on any atom is -0.424 e. The normalized spacial score (nSPS) is 11.3. The first-order chi connectivity index (χ1) is 7.35. The van der Waals surface area contributed by atoms with E-state index in [1.54, 1.807) is 0 Å². The minimum absolute atomic E-state index is 0.197. The summed E-state index contributed by atoms with van der Waals surface area (Å²) in [7, 11) is -0.197. The molecule has 1 nitrogen and oxygen atoms in total. The SMILES string of the molecule is C=CCC(CC=C)CCCO[SiH2]CCC. The van der Waals surface area contributed by atoms with E-state index in [-0.39, 0.29) is 9.76 Å². The monoisotopic (exact) mass is 226 g/mol. The van der Waals surface area contributed by atoms with E-state index in [2.05, 4.69) is 20.1 Å². The summed E-state index contributed by atoms with van der Waals surface area (Å²) in [5.74, 6) is 0.733. The van der Waals surface area contributed by atoms with Gasteiger partial charge < -0.3 is 4.43 Å². The lowest BCUT2D eigenvalue weighted by Crippen LogP contribution is -2.04. The predicted octanol–water partition coefficient (Wildman–Crippen LogP) is 3.46. The maximum absolute atomic E-state index is 5.67. The largest absolute Gasteiger partial charge is 0.424 e. The van der Waals surface area contributed by atoms with Gasteiger partial charge in [0.25, 0.3) is 0 Å². The van der Waals surface area contributed by atoms with Gasteiger partial charge >= 0.3 is 0 Å². The first-order valence-electron chi connectivity index (χ1n) is 6.14. The van der Waals surface area contributed by atoms with Crippen LogP contribution in [0.3, 0.4) is 0 Å². The molecule has 88 valence electrons. The lowest BCUT2D eigenvalue weighted by molar-refractivity contribution is 0.305. The van der Waals surface area contributed by atoms with Gasteiger partial charge in [0.05, 0.1) is 0 Å². The molecule has 0 amide bonds. The van der Waals surface area contributed by atoms with Crippen LogP contribution in [-0.4, -0.2) is 16.4 Å². The molecule has 0 saturated carbocycles. The number of hydrogen-bond acceptors (Lipinski definition) is 1. The molecule has 0 spiro atoms. The Morgan fingerprint density at radius 3 is 2.47 bits per heavy atom. The van der Waals surface area contributed by atoms with Crippen LogP contribution in [0.5, 0.6) is 0 Å². The third-order valence-corrected chi connectivity index (χ3v) is 4.12. The van der Waals surface area contributed by atoms with Crippen LogP contribution >= 0.6 is 0 Å². The quantitative estimate of drug-likeness (QED) is 0.298. The molecule has 0 heterocycles. The predicted molar refractivity (Wildman–Crippen MR) is 71.9 cm³/mol. The van der Waals surface area contributed by atoms with Crippen molar-refractivity contribution in [3.05, 3.63) is 25.3 Å². The van der Waals surface area contributed by atoms with E-state index in [0.717, 1.165) is 25.4 Å². The molecule has 0 aromatic rings. The highest BCUT2D eigenvalue weighted by Gasteiger charge is 2.04. The van der Waals surface area contributed by atoms with Gasteiger partial charge in [-0.05, 0) is 37.6 Å². The van der Waals surface area contributed by atoms with Crippen LogP contribution in [0.2, 0.25) is 6.04 Å². The van der Waals surface area contributed by atoms with E-state index in [1.807, 2.05) is 12.2 Å². The molecule has 0 atom stereocenters. The van der Waals surface area contributed by atoms with E-state index in [4.69, 9.17) is 4.43 Å². The molecule has 0 bridgehead atoms. The first kappa shape index (κ1) is 14.7. The van der Waals surface area contributed by atoms with Crippen molar-refractivity contribution in [3.63, 3.8) is 0 Å². The van der Waals surface area contributed by atoms with Gasteiger partial charge in [0.1, 0.15) is 0 Å². The zero-order chi connectivity index (χ0) is 11.4. The second-order valence-electron chi connectivity index (χ2n) is 4.02. The maximum Gasteiger partial charge on any atom is 0.161 e. The smallest absolute Gasteiger partial charge is 0.161 e. The summed E-state index contributed by atoms with van der Waals surface area (Å²) in [5.41, 5.74) is 0. The lowest BCUT2D eigenvalue weighted by atomic mass is 9.96. The zero-order valence-corrected chi connectivity index (χ0v) is 11.6. The zero-order valence-electron chi connectivity index (χ0n) is 10.2. The van der Waals surface area contributed by atoms with Crippen molar-refractivity contribution in [2.75, 3.05) is 6.61 Å². The van der Waals surface area contributed by atoms with Gasteiger partial charge in [-0.15, -0.1) is 13.2 Å². The molecule has 0 saturated heterocycles.